The van der Waals surface area contributed by atoms with Crippen molar-refractivity contribution >= 4 is 16.7 Å². The third-order valence-electron chi connectivity index (χ3n) is 4.03. The van der Waals surface area contributed by atoms with Crippen LogP contribution < -0.4 is 11.3 Å². The number of H-pyrrole nitrogens is 1. The lowest BCUT2D eigenvalue weighted by molar-refractivity contribution is 0.623. The number of hydrogen-bond acceptors (Lipinski definition) is 4. The van der Waals surface area contributed by atoms with E-state index < -0.39 is 5.56 Å². The first-order chi connectivity index (χ1) is 11.5. The predicted octanol–water partition coefficient (Wildman–Crippen LogP) is 2.90. The van der Waals surface area contributed by atoms with Crippen LogP contribution in [0.4, 0.5) is 5.82 Å². The second-order valence-corrected chi connectivity index (χ2v) is 5.81. The first kappa shape index (κ1) is 15.4. The molecule has 1 aromatic carbocycles. The van der Waals surface area contributed by atoms with Crippen LogP contribution in [-0.4, -0.2) is 9.55 Å². The number of nitriles is 2. The largest absolute Gasteiger partial charge is 0.384 e. The highest BCUT2D eigenvalue weighted by molar-refractivity contribution is 5.89. The van der Waals surface area contributed by atoms with Crippen molar-refractivity contribution in [2.75, 3.05) is 5.73 Å². The SMILES string of the molecule is CC(C)n1ccc2cc(-c3c(C#N)c(N)[nH]c(=O)c3C#N)ccc21. The van der Waals surface area contributed by atoms with Gasteiger partial charge in [-0.15, -0.1) is 0 Å². The molecule has 0 radical (unpaired) electrons. The number of nitrogens with two attached hydrogens (primary N) is 1. The maximum atomic E-state index is 12.0. The molecule has 0 aliphatic rings. The molecule has 3 rings (SSSR count). The minimum absolute atomic E-state index is 0.0312. The number of aromatic amines is 1. The summed E-state index contributed by atoms with van der Waals surface area (Å²) in [4.78, 5) is 14.4. The molecule has 6 nitrogen and oxygen atoms in total. The number of anilines is 1. The Hall–Kier alpha value is -3.51. The number of hydrogen-bond donors (Lipinski definition) is 2. The van der Waals surface area contributed by atoms with Gasteiger partial charge in [-0.25, -0.2) is 0 Å². The number of fused-ring (bicyclic) bond motifs is 1. The molecule has 2 aromatic heterocycles. The maximum absolute atomic E-state index is 12.0. The summed E-state index contributed by atoms with van der Waals surface area (Å²) in [6.45, 7) is 4.18. The van der Waals surface area contributed by atoms with Gasteiger partial charge in [0.1, 0.15) is 29.1 Å². The first-order valence-electron chi connectivity index (χ1n) is 7.44. The van der Waals surface area contributed by atoms with Gasteiger partial charge in [0.15, 0.2) is 0 Å². The number of nitrogens with one attached hydrogen (secondary N) is 1. The molecular weight excluding hydrogens is 302 g/mol. The zero-order chi connectivity index (χ0) is 17.4. The number of benzene rings is 1. The second kappa shape index (κ2) is 5.60. The van der Waals surface area contributed by atoms with Gasteiger partial charge in [-0.05, 0) is 37.6 Å². The van der Waals surface area contributed by atoms with E-state index in [0.29, 0.717) is 11.6 Å². The second-order valence-electron chi connectivity index (χ2n) is 5.81. The van der Waals surface area contributed by atoms with Crippen LogP contribution in [0.5, 0.6) is 0 Å². The lowest BCUT2D eigenvalue weighted by Gasteiger charge is -2.11. The molecule has 0 bridgehead atoms. The van der Waals surface area contributed by atoms with Gasteiger partial charge in [0.25, 0.3) is 5.56 Å². The molecule has 118 valence electrons. The van der Waals surface area contributed by atoms with E-state index in [9.17, 15) is 15.3 Å². The molecule has 0 saturated carbocycles. The van der Waals surface area contributed by atoms with Crippen molar-refractivity contribution in [2.24, 2.45) is 0 Å². The van der Waals surface area contributed by atoms with Crippen LogP contribution in [0.25, 0.3) is 22.0 Å². The van der Waals surface area contributed by atoms with Gasteiger partial charge < -0.3 is 15.3 Å². The number of nitrogens with zero attached hydrogens (tertiary/aromatic N) is 3. The van der Waals surface area contributed by atoms with E-state index in [0.717, 1.165) is 10.9 Å². The number of rotatable bonds is 2. The van der Waals surface area contributed by atoms with E-state index in [-0.39, 0.29) is 22.5 Å². The highest BCUT2D eigenvalue weighted by Crippen LogP contribution is 2.31. The van der Waals surface area contributed by atoms with Crippen molar-refractivity contribution in [3.05, 3.63) is 51.9 Å². The van der Waals surface area contributed by atoms with E-state index in [1.807, 2.05) is 36.5 Å². The van der Waals surface area contributed by atoms with Crippen LogP contribution in [0.15, 0.2) is 35.3 Å². The van der Waals surface area contributed by atoms with Crippen molar-refractivity contribution in [1.82, 2.24) is 9.55 Å². The zero-order valence-electron chi connectivity index (χ0n) is 13.3. The Morgan fingerprint density at radius 1 is 1.17 bits per heavy atom. The monoisotopic (exact) mass is 317 g/mol. The number of aromatic nitrogens is 2. The summed E-state index contributed by atoms with van der Waals surface area (Å²) < 4.78 is 2.13. The minimum atomic E-state index is -0.594. The Balaban J connectivity index is 2.35. The molecule has 2 heterocycles. The molecule has 3 aromatic rings. The Bertz CT molecular complexity index is 1090. The summed E-state index contributed by atoms with van der Waals surface area (Å²) in [5, 5.41) is 19.7. The van der Waals surface area contributed by atoms with Gasteiger partial charge in [0.05, 0.1) is 0 Å². The number of pyridine rings is 1. The molecule has 0 aliphatic heterocycles. The summed E-state index contributed by atoms with van der Waals surface area (Å²) in [5.41, 5.74) is 7.11. The molecule has 6 heteroatoms. The Labute approximate surface area is 138 Å². The molecule has 3 N–H and O–H groups in total. The lowest BCUT2D eigenvalue weighted by Crippen LogP contribution is -2.16. The van der Waals surface area contributed by atoms with Gasteiger partial charge in [0.2, 0.25) is 0 Å². The Morgan fingerprint density at radius 3 is 2.50 bits per heavy atom. The van der Waals surface area contributed by atoms with Gasteiger partial charge in [0, 0.05) is 28.7 Å². The molecule has 0 aliphatic carbocycles. The summed E-state index contributed by atoms with van der Waals surface area (Å²) >= 11 is 0. The third kappa shape index (κ3) is 2.22. The fraction of sp³-hybridized carbons (Fsp3) is 0.167. The van der Waals surface area contributed by atoms with Gasteiger partial charge in [-0.3, -0.25) is 4.79 Å². The molecule has 0 atom stereocenters. The molecule has 24 heavy (non-hydrogen) atoms. The maximum Gasteiger partial charge on any atom is 0.268 e. The smallest absolute Gasteiger partial charge is 0.268 e. The standard InChI is InChI=1S/C18H15N5O/c1-10(2)23-6-5-11-7-12(3-4-15(11)23)16-13(8-19)17(21)22-18(24)14(16)9-20/h3-7,10H,1-2H3,(H3,21,22,24). The Morgan fingerprint density at radius 2 is 1.88 bits per heavy atom. The molecule has 0 saturated heterocycles. The van der Waals surface area contributed by atoms with E-state index in [4.69, 9.17) is 5.73 Å². The number of nitrogen functional groups attached to an aromatic ring is 1. The van der Waals surface area contributed by atoms with Gasteiger partial charge in [-0.1, -0.05) is 6.07 Å². The van der Waals surface area contributed by atoms with Crippen LogP contribution in [-0.2, 0) is 0 Å². The van der Waals surface area contributed by atoms with Crippen LogP contribution in [0.1, 0.15) is 31.0 Å². The summed E-state index contributed by atoms with van der Waals surface area (Å²) in [6, 6.07) is 11.7. The van der Waals surface area contributed by atoms with Crippen molar-refractivity contribution in [1.29, 1.82) is 10.5 Å². The summed E-state index contributed by atoms with van der Waals surface area (Å²) in [5.74, 6) is -0.0312. The molecule has 0 unspecified atom stereocenters. The van der Waals surface area contributed by atoms with E-state index in [2.05, 4.69) is 23.4 Å². The van der Waals surface area contributed by atoms with E-state index in [1.165, 1.54) is 0 Å². The topological polar surface area (TPSA) is 111 Å². The first-order valence-corrected chi connectivity index (χ1v) is 7.44. The normalized spacial score (nSPS) is 10.7. The van der Waals surface area contributed by atoms with E-state index in [1.54, 1.807) is 6.07 Å². The minimum Gasteiger partial charge on any atom is -0.384 e. The van der Waals surface area contributed by atoms with E-state index >= 15 is 0 Å². The van der Waals surface area contributed by atoms with Gasteiger partial charge in [-0.2, -0.15) is 10.5 Å². The van der Waals surface area contributed by atoms with Crippen LogP contribution >= 0.6 is 0 Å². The van der Waals surface area contributed by atoms with Crippen molar-refractivity contribution in [3.63, 3.8) is 0 Å². The average Bonchev–Trinajstić information content (AvgIpc) is 2.97. The summed E-state index contributed by atoms with van der Waals surface area (Å²) in [6.07, 6.45) is 1.99. The molecule has 0 amide bonds. The molecular formula is C18H15N5O. The summed E-state index contributed by atoms with van der Waals surface area (Å²) in [7, 11) is 0. The van der Waals surface area contributed by atoms with Crippen molar-refractivity contribution in [2.45, 2.75) is 19.9 Å². The highest BCUT2D eigenvalue weighted by atomic mass is 16.1. The fourth-order valence-corrected chi connectivity index (χ4v) is 2.90. The lowest BCUT2D eigenvalue weighted by atomic mass is 9.96. The van der Waals surface area contributed by atoms with Crippen LogP contribution in [0, 0.1) is 22.7 Å². The molecule has 0 fully saturated rings. The van der Waals surface area contributed by atoms with Crippen LogP contribution in [0.3, 0.4) is 0 Å². The predicted molar refractivity (Wildman–Crippen MR) is 92.2 cm³/mol. The molecule has 0 spiro atoms. The zero-order valence-corrected chi connectivity index (χ0v) is 13.3. The third-order valence-corrected chi connectivity index (χ3v) is 4.03. The fourth-order valence-electron chi connectivity index (χ4n) is 2.90. The average molecular weight is 317 g/mol. The quantitative estimate of drug-likeness (QED) is 0.756. The Kier molecular flexibility index (Phi) is 3.59. The van der Waals surface area contributed by atoms with Crippen molar-refractivity contribution < 1.29 is 0 Å². The van der Waals surface area contributed by atoms with Gasteiger partial charge >= 0.3 is 0 Å². The van der Waals surface area contributed by atoms with Crippen molar-refractivity contribution in [3.8, 4) is 23.3 Å². The highest BCUT2D eigenvalue weighted by Gasteiger charge is 2.18. The van der Waals surface area contributed by atoms with Crippen LogP contribution in [0.2, 0.25) is 0 Å².